The first kappa shape index (κ1) is 16.4. The van der Waals surface area contributed by atoms with Crippen LogP contribution in [0.2, 0.25) is 0 Å². The van der Waals surface area contributed by atoms with Gasteiger partial charge in [0.2, 0.25) is 0 Å². The molecule has 1 aliphatic carbocycles. The van der Waals surface area contributed by atoms with Crippen molar-refractivity contribution >= 4 is 23.4 Å². The highest BCUT2D eigenvalue weighted by Gasteiger charge is 2.25. The smallest absolute Gasteiger partial charge is 0.134 e. The number of thioether (sulfide) groups is 1. The molecule has 2 atom stereocenters. The van der Waals surface area contributed by atoms with Gasteiger partial charge in [0.25, 0.3) is 0 Å². The van der Waals surface area contributed by atoms with E-state index in [2.05, 4.69) is 42.6 Å². The fourth-order valence-electron chi connectivity index (χ4n) is 2.76. The van der Waals surface area contributed by atoms with Crippen LogP contribution < -0.4 is 10.6 Å². The Labute approximate surface area is 132 Å². The van der Waals surface area contributed by atoms with Crippen molar-refractivity contribution in [1.82, 2.24) is 9.97 Å². The minimum Gasteiger partial charge on any atom is -0.370 e. The summed E-state index contributed by atoms with van der Waals surface area (Å²) >= 11 is 1.99. The summed E-state index contributed by atoms with van der Waals surface area (Å²) in [6.45, 7) is 7.35. The summed E-state index contributed by atoms with van der Waals surface area (Å²) in [6, 6.07) is 0.555. The van der Waals surface area contributed by atoms with Crippen LogP contribution >= 0.6 is 11.8 Å². The molecule has 5 heteroatoms. The van der Waals surface area contributed by atoms with Gasteiger partial charge in [-0.05, 0) is 38.9 Å². The number of hydrogen-bond donors (Lipinski definition) is 2. The minimum atomic E-state index is 0.555. The molecule has 1 aromatic heterocycles. The van der Waals surface area contributed by atoms with E-state index in [1.807, 2.05) is 11.8 Å². The lowest BCUT2D eigenvalue weighted by Crippen LogP contribution is -2.19. The van der Waals surface area contributed by atoms with Gasteiger partial charge >= 0.3 is 0 Å². The summed E-state index contributed by atoms with van der Waals surface area (Å²) in [5.74, 6) is 2.93. The summed E-state index contributed by atoms with van der Waals surface area (Å²) in [4.78, 5) is 9.33. The van der Waals surface area contributed by atoms with Gasteiger partial charge in [-0.1, -0.05) is 13.8 Å². The molecule has 0 spiro atoms. The number of rotatable bonds is 7. The molecular formula is C16H28N4S. The van der Waals surface area contributed by atoms with E-state index >= 15 is 0 Å². The van der Waals surface area contributed by atoms with Crippen LogP contribution in [0.15, 0.2) is 0 Å². The Morgan fingerprint density at radius 1 is 1.19 bits per heavy atom. The van der Waals surface area contributed by atoms with Crippen LogP contribution in [0.3, 0.4) is 0 Å². The highest BCUT2D eigenvalue weighted by Crippen LogP contribution is 2.31. The fourth-order valence-corrected chi connectivity index (χ4v) is 3.55. The van der Waals surface area contributed by atoms with Crippen molar-refractivity contribution in [2.75, 3.05) is 23.4 Å². The van der Waals surface area contributed by atoms with E-state index in [9.17, 15) is 0 Å². The van der Waals surface area contributed by atoms with E-state index in [0.29, 0.717) is 6.04 Å². The summed E-state index contributed by atoms with van der Waals surface area (Å²) in [7, 11) is 0. The van der Waals surface area contributed by atoms with E-state index in [1.165, 1.54) is 19.3 Å². The average Bonchev–Trinajstić information content (AvgIpc) is 2.95. The number of nitrogens with one attached hydrogen (secondary N) is 2. The van der Waals surface area contributed by atoms with Gasteiger partial charge in [-0.3, -0.25) is 0 Å². The molecule has 0 amide bonds. The molecule has 1 fully saturated rings. The zero-order valence-corrected chi connectivity index (χ0v) is 14.5. The standard InChI is InChI=1S/C16H28N4S/c1-5-9-17-15-11(3)16(20-14(6-2)19-15)18-12-7-8-13(10-12)21-4/h12-13H,5-10H2,1-4H3,(H2,17,18,19,20). The van der Waals surface area contributed by atoms with Crippen molar-refractivity contribution in [3.05, 3.63) is 11.4 Å². The summed E-state index contributed by atoms with van der Waals surface area (Å²) in [6.07, 6.45) is 7.98. The molecule has 4 nitrogen and oxygen atoms in total. The van der Waals surface area contributed by atoms with Crippen LogP contribution in [0, 0.1) is 6.92 Å². The predicted octanol–water partition coefficient (Wildman–Crippen LogP) is 3.87. The third-order valence-electron chi connectivity index (χ3n) is 4.11. The van der Waals surface area contributed by atoms with Crippen molar-refractivity contribution in [2.24, 2.45) is 0 Å². The Balaban J connectivity index is 2.13. The van der Waals surface area contributed by atoms with Gasteiger partial charge in [-0.25, -0.2) is 9.97 Å². The Bertz CT molecular complexity index is 464. The van der Waals surface area contributed by atoms with E-state index < -0.39 is 0 Å². The summed E-state index contributed by atoms with van der Waals surface area (Å²) < 4.78 is 0. The summed E-state index contributed by atoms with van der Waals surface area (Å²) in [5.41, 5.74) is 1.15. The molecule has 2 N–H and O–H groups in total. The van der Waals surface area contributed by atoms with Crippen LogP contribution in [-0.4, -0.2) is 34.1 Å². The minimum absolute atomic E-state index is 0.555. The van der Waals surface area contributed by atoms with Crippen molar-refractivity contribution in [3.8, 4) is 0 Å². The zero-order chi connectivity index (χ0) is 15.2. The lowest BCUT2D eigenvalue weighted by atomic mass is 10.2. The van der Waals surface area contributed by atoms with Gasteiger partial charge in [-0.2, -0.15) is 11.8 Å². The Morgan fingerprint density at radius 3 is 2.57 bits per heavy atom. The monoisotopic (exact) mass is 308 g/mol. The molecule has 1 aromatic rings. The summed E-state index contributed by atoms with van der Waals surface area (Å²) in [5, 5.41) is 7.89. The number of aryl methyl sites for hydroxylation is 1. The van der Waals surface area contributed by atoms with Gasteiger partial charge in [0.1, 0.15) is 17.5 Å². The first-order valence-electron chi connectivity index (χ1n) is 8.08. The van der Waals surface area contributed by atoms with Crippen LogP contribution in [0.25, 0.3) is 0 Å². The van der Waals surface area contributed by atoms with E-state index in [4.69, 9.17) is 4.98 Å². The van der Waals surface area contributed by atoms with Gasteiger partial charge in [0.15, 0.2) is 0 Å². The lowest BCUT2D eigenvalue weighted by molar-refractivity contribution is 0.746. The number of hydrogen-bond acceptors (Lipinski definition) is 5. The maximum atomic E-state index is 4.70. The molecule has 118 valence electrons. The highest BCUT2D eigenvalue weighted by molar-refractivity contribution is 7.99. The van der Waals surface area contributed by atoms with Crippen molar-refractivity contribution in [2.45, 2.75) is 64.2 Å². The normalized spacial score (nSPS) is 21.5. The molecule has 2 unspecified atom stereocenters. The molecule has 0 aromatic carbocycles. The topological polar surface area (TPSA) is 49.8 Å². The number of nitrogens with zero attached hydrogens (tertiary/aromatic N) is 2. The first-order chi connectivity index (χ1) is 10.2. The average molecular weight is 308 g/mol. The van der Waals surface area contributed by atoms with E-state index in [-0.39, 0.29) is 0 Å². The van der Waals surface area contributed by atoms with Crippen LogP contribution in [0.4, 0.5) is 11.6 Å². The van der Waals surface area contributed by atoms with Crippen molar-refractivity contribution in [1.29, 1.82) is 0 Å². The molecule has 0 radical (unpaired) electrons. The molecule has 0 aliphatic heterocycles. The molecule has 1 saturated carbocycles. The van der Waals surface area contributed by atoms with Crippen molar-refractivity contribution in [3.63, 3.8) is 0 Å². The maximum Gasteiger partial charge on any atom is 0.134 e. The third kappa shape index (κ3) is 4.25. The largest absolute Gasteiger partial charge is 0.370 e. The second kappa shape index (κ2) is 7.87. The number of anilines is 2. The van der Waals surface area contributed by atoms with Gasteiger partial charge < -0.3 is 10.6 Å². The van der Waals surface area contributed by atoms with Crippen LogP contribution in [0.1, 0.15) is 50.9 Å². The van der Waals surface area contributed by atoms with Crippen molar-refractivity contribution < 1.29 is 0 Å². The van der Waals surface area contributed by atoms with E-state index in [0.717, 1.165) is 47.7 Å². The van der Waals surface area contributed by atoms with Gasteiger partial charge in [0, 0.05) is 29.8 Å². The zero-order valence-electron chi connectivity index (χ0n) is 13.7. The van der Waals surface area contributed by atoms with Crippen LogP contribution in [-0.2, 0) is 6.42 Å². The molecule has 2 rings (SSSR count). The molecule has 1 aliphatic rings. The molecule has 0 bridgehead atoms. The fraction of sp³-hybridized carbons (Fsp3) is 0.750. The Morgan fingerprint density at radius 2 is 1.95 bits per heavy atom. The molecule has 21 heavy (non-hydrogen) atoms. The van der Waals surface area contributed by atoms with Crippen LogP contribution in [0.5, 0.6) is 0 Å². The maximum absolute atomic E-state index is 4.70. The lowest BCUT2D eigenvalue weighted by Gasteiger charge is -2.18. The van der Waals surface area contributed by atoms with Gasteiger partial charge in [-0.15, -0.1) is 0 Å². The Hall–Kier alpha value is -0.970. The number of aromatic nitrogens is 2. The Kier molecular flexibility index (Phi) is 6.15. The second-order valence-electron chi connectivity index (χ2n) is 5.75. The van der Waals surface area contributed by atoms with E-state index in [1.54, 1.807) is 0 Å². The molecule has 0 saturated heterocycles. The third-order valence-corrected chi connectivity index (χ3v) is 5.20. The first-order valence-corrected chi connectivity index (χ1v) is 9.37. The second-order valence-corrected chi connectivity index (χ2v) is 6.89. The SMILES string of the molecule is CCCNc1nc(CC)nc(NC2CCC(SC)C2)c1C. The van der Waals surface area contributed by atoms with Gasteiger partial charge in [0.05, 0.1) is 0 Å². The predicted molar refractivity (Wildman–Crippen MR) is 93.5 cm³/mol. The quantitative estimate of drug-likeness (QED) is 0.801. The highest BCUT2D eigenvalue weighted by atomic mass is 32.2. The molecular weight excluding hydrogens is 280 g/mol. The molecule has 1 heterocycles.